The summed E-state index contributed by atoms with van der Waals surface area (Å²) in [6, 6.07) is 13.7. The van der Waals surface area contributed by atoms with Crippen LogP contribution in [-0.2, 0) is 11.2 Å². The number of anilines is 1. The first-order valence-electron chi connectivity index (χ1n) is 13.8. The van der Waals surface area contributed by atoms with Crippen LogP contribution >= 0.6 is 24.2 Å². The Morgan fingerprint density at radius 1 is 1.26 bits per heavy atom. The molecule has 38 heavy (non-hydrogen) atoms. The van der Waals surface area contributed by atoms with Gasteiger partial charge in [0.2, 0.25) is 5.91 Å². The molecule has 4 atom stereocenters. The van der Waals surface area contributed by atoms with Gasteiger partial charge in [0.05, 0.1) is 18.4 Å². The second-order valence-corrected chi connectivity index (χ2v) is 11.5. The zero-order chi connectivity index (χ0) is 26.9. The molecule has 2 aliphatic rings. The van der Waals surface area contributed by atoms with Gasteiger partial charge in [-0.05, 0) is 98.4 Å². The molecule has 2 aromatic rings. The first-order chi connectivity index (χ1) is 18.5. The minimum atomic E-state index is -0.414. The highest BCUT2D eigenvalue weighted by atomic mass is 35.5. The fourth-order valence-electron chi connectivity index (χ4n) is 5.72. The monoisotopic (exact) mass is 556 g/mol. The van der Waals surface area contributed by atoms with Gasteiger partial charge >= 0.3 is 0 Å². The van der Waals surface area contributed by atoms with E-state index in [0.29, 0.717) is 29.9 Å². The van der Waals surface area contributed by atoms with Gasteiger partial charge in [-0.2, -0.15) is 12.6 Å². The van der Waals surface area contributed by atoms with E-state index in [2.05, 4.69) is 41.8 Å². The van der Waals surface area contributed by atoms with E-state index >= 15 is 0 Å². The van der Waals surface area contributed by atoms with Gasteiger partial charge in [0.1, 0.15) is 5.75 Å². The van der Waals surface area contributed by atoms with Gasteiger partial charge in [0.25, 0.3) is 0 Å². The smallest absolute Gasteiger partial charge is 0.248 e. The summed E-state index contributed by atoms with van der Waals surface area (Å²) in [5.41, 5.74) is 8.40. The minimum absolute atomic E-state index is 0.127. The van der Waals surface area contributed by atoms with Crippen molar-refractivity contribution in [3.63, 3.8) is 0 Å². The number of fused-ring (bicyclic) bond motifs is 1. The van der Waals surface area contributed by atoms with Crippen LogP contribution in [0, 0.1) is 17.8 Å². The molecule has 1 aliphatic heterocycles. The van der Waals surface area contributed by atoms with Crippen LogP contribution in [0.2, 0.25) is 5.02 Å². The number of methoxy groups -OCH3 is 1. The van der Waals surface area contributed by atoms with Crippen LogP contribution < -0.4 is 15.4 Å². The minimum Gasteiger partial charge on any atom is -0.491 e. The number of carbonyl (C=O) groups is 1. The number of benzene rings is 2. The summed E-state index contributed by atoms with van der Waals surface area (Å²) >= 11 is 10.5. The van der Waals surface area contributed by atoms with Crippen LogP contribution in [0.1, 0.15) is 54.4 Å². The fourth-order valence-corrected chi connectivity index (χ4v) is 6.11. The number of thiol groups is 1. The zero-order valence-electron chi connectivity index (χ0n) is 22.4. The van der Waals surface area contributed by atoms with E-state index < -0.39 is 5.91 Å². The van der Waals surface area contributed by atoms with Gasteiger partial charge in [-0.15, -0.1) is 0 Å². The summed E-state index contributed by atoms with van der Waals surface area (Å²) in [6.07, 6.45) is 12.2. The lowest BCUT2D eigenvalue weighted by Crippen LogP contribution is -2.44. The second-order valence-electron chi connectivity index (χ2n) is 10.6. The number of hydrogen-bond acceptors (Lipinski definition) is 5. The van der Waals surface area contributed by atoms with Crippen LogP contribution in [0.25, 0.3) is 0 Å². The van der Waals surface area contributed by atoms with E-state index in [1.165, 1.54) is 18.4 Å². The van der Waals surface area contributed by atoms with Crippen LogP contribution in [-0.4, -0.2) is 44.6 Å². The highest BCUT2D eigenvalue weighted by molar-refractivity contribution is 7.80. The Kier molecular flexibility index (Phi) is 10.9. The third kappa shape index (κ3) is 7.71. The molecule has 1 unspecified atom stereocenters. The maximum Gasteiger partial charge on any atom is 0.248 e. The second kappa shape index (κ2) is 14.3. The molecule has 7 heteroatoms. The molecular formula is C31H41ClN2O3S. The molecule has 0 aromatic heterocycles. The number of nitrogens with zero attached hydrogens (tertiary/aromatic N) is 1. The van der Waals surface area contributed by atoms with Crippen LogP contribution in [0.3, 0.4) is 0 Å². The summed E-state index contributed by atoms with van der Waals surface area (Å²) in [6.45, 7) is 2.47. The highest BCUT2D eigenvalue weighted by Gasteiger charge is 2.38. The molecule has 1 amide bonds. The topological polar surface area (TPSA) is 64.8 Å². The first-order valence-corrected chi connectivity index (χ1v) is 14.9. The van der Waals surface area contributed by atoms with E-state index in [1.54, 1.807) is 6.07 Å². The quantitative estimate of drug-likeness (QED) is 0.166. The van der Waals surface area contributed by atoms with E-state index in [9.17, 15) is 4.79 Å². The summed E-state index contributed by atoms with van der Waals surface area (Å²) < 4.78 is 12.2. The maximum absolute atomic E-state index is 12.0. The van der Waals surface area contributed by atoms with Gasteiger partial charge in [0.15, 0.2) is 0 Å². The van der Waals surface area contributed by atoms with Crippen molar-refractivity contribution >= 4 is 35.8 Å². The van der Waals surface area contributed by atoms with E-state index in [4.69, 9.17) is 26.8 Å². The molecule has 206 valence electrons. The Morgan fingerprint density at radius 2 is 2.13 bits per heavy atom. The first kappa shape index (κ1) is 28.8. The normalized spacial score (nSPS) is 21.9. The molecule has 0 saturated heterocycles. The average Bonchev–Trinajstić information content (AvgIpc) is 3.07. The van der Waals surface area contributed by atoms with Gasteiger partial charge in [-0.3, -0.25) is 4.79 Å². The average molecular weight is 557 g/mol. The predicted octanol–water partition coefficient (Wildman–Crippen LogP) is 6.58. The fraction of sp³-hybridized carbons (Fsp3) is 0.516. The molecule has 1 saturated carbocycles. The number of amides is 1. The lowest BCUT2D eigenvalue weighted by Gasteiger charge is -2.43. The Hall–Kier alpha value is -2.15. The Balaban J connectivity index is 1.46. The summed E-state index contributed by atoms with van der Waals surface area (Å²) in [5.74, 6) is 2.71. The maximum atomic E-state index is 12.0. The van der Waals surface area contributed by atoms with Gasteiger partial charge in [-0.25, -0.2) is 0 Å². The highest BCUT2D eigenvalue weighted by Crippen LogP contribution is 2.42. The number of hydrogen-bond donors (Lipinski definition) is 2. The molecule has 4 rings (SSSR count). The molecular weight excluding hydrogens is 516 g/mol. The van der Waals surface area contributed by atoms with Crippen LogP contribution in [0.15, 0.2) is 54.6 Å². The third-order valence-electron chi connectivity index (χ3n) is 7.98. The number of allylic oxidation sites excluding steroid dienone is 1. The summed E-state index contributed by atoms with van der Waals surface area (Å²) in [4.78, 5) is 14.4. The van der Waals surface area contributed by atoms with Crippen molar-refractivity contribution in [2.75, 3.05) is 37.5 Å². The largest absolute Gasteiger partial charge is 0.491 e. The summed E-state index contributed by atoms with van der Waals surface area (Å²) in [5, 5.41) is 0.785. The van der Waals surface area contributed by atoms with E-state index in [0.717, 1.165) is 67.4 Å². The van der Waals surface area contributed by atoms with Crippen molar-refractivity contribution in [2.24, 2.45) is 23.5 Å². The number of nitrogens with two attached hydrogens (primary N) is 1. The van der Waals surface area contributed by atoms with Gasteiger partial charge in [-0.1, -0.05) is 35.9 Å². The Bertz CT molecular complexity index is 1090. The molecule has 5 nitrogen and oxygen atoms in total. The molecule has 0 bridgehead atoms. The van der Waals surface area contributed by atoms with Crippen molar-refractivity contribution in [3.05, 3.63) is 70.8 Å². The number of rotatable bonds is 13. The molecule has 0 radical (unpaired) electrons. The number of unbranched alkanes of at least 4 members (excludes halogenated alkanes) is 1. The van der Waals surface area contributed by atoms with Crippen molar-refractivity contribution in [3.8, 4) is 5.75 Å². The van der Waals surface area contributed by atoms with E-state index in [1.807, 2.05) is 31.4 Å². The Labute approximate surface area is 238 Å². The molecule has 0 spiro atoms. The number of halogens is 1. The van der Waals surface area contributed by atoms with Gasteiger partial charge < -0.3 is 20.1 Å². The number of ether oxygens (including phenoxy) is 2. The SMILES string of the molecule is CO[C@@H](/C=C/CCCS)[C@@H]1CC[C@H]1CN1CC(CCCc2cccc(Cl)c2)COc2ccc(C(N)=O)cc21. The predicted molar refractivity (Wildman–Crippen MR) is 160 cm³/mol. The molecule has 2 aromatic carbocycles. The van der Waals surface area contributed by atoms with Crippen LogP contribution in [0.5, 0.6) is 5.75 Å². The van der Waals surface area contributed by atoms with Crippen molar-refractivity contribution in [2.45, 2.75) is 51.0 Å². The van der Waals surface area contributed by atoms with Gasteiger partial charge in [0, 0.05) is 36.7 Å². The molecule has 1 heterocycles. The zero-order valence-corrected chi connectivity index (χ0v) is 24.0. The summed E-state index contributed by atoms with van der Waals surface area (Å²) in [7, 11) is 1.81. The lowest BCUT2D eigenvalue weighted by atomic mass is 9.70. The third-order valence-corrected chi connectivity index (χ3v) is 8.54. The number of primary amides is 1. The van der Waals surface area contributed by atoms with Crippen molar-refractivity contribution in [1.29, 1.82) is 0 Å². The van der Waals surface area contributed by atoms with E-state index in [-0.39, 0.29) is 6.10 Å². The molecule has 1 aliphatic carbocycles. The number of carbonyl (C=O) groups excluding carboxylic acids is 1. The lowest BCUT2D eigenvalue weighted by molar-refractivity contribution is 0.0133. The molecule has 2 N–H and O–H groups in total. The standard InChI is InChI=1S/C31H41ClN2O3S/c1-36-29(11-3-2-4-16-38)27-14-12-25(27)20-34-19-23(9-5-7-22-8-6-10-26(32)17-22)21-37-30-15-13-24(31(33)35)18-28(30)34/h3,6,8,10-11,13,15,17-18,23,25,27,29,38H,2,4-5,7,9,12,14,16,19-21H2,1H3,(H2,33,35)/b11-3+/t23?,25-,27+,29-/m0/s1. The molecule has 1 fully saturated rings. The van der Waals surface area contributed by atoms with Crippen molar-refractivity contribution in [1.82, 2.24) is 0 Å². The Morgan fingerprint density at radius 3 is 2.84 bits per heavy atom. The number of aryl methyl sites for hydroxylation is 1. The van der Waals surface area contributed by atoms with Crippen LogP contribution in [0.4, 0.5) is 5.69 Å². The van der Waals surface area contributed by atoms with Crippen molar-refractivity contribution < 1.29 is 14.3 Å².